The first-order valence-corrected chi connectivity index (χ1v) is 6.69. The predicted molar refractivity (Wildman–Crippen MR) is 71.1 cm³/mol. The van der Waals surface area contributed by atoms with E-state index in [2.05, 4.69) is 5.32 Å². The average molecular weight is 267 g/mol. The molecular formula is C14H15F2NS. The van der Waals surface area contributed by atoms with Gasteiger partial charge in [-0.05, 0) is 28.8 Å². The molecule has 2 rings (SSSR count). The first-order valence-electron chi connectivity index (χ1n) is 5.75. The number of hydrogen-bond donors (Lipinski definition) is 1. The van der Waals surface area contributed by atoms with E-state index in [0.29, 0.717) is 6.54 Å². The summed E-state index contributed by atoms with van der Waals surface area (Å²) in [6, 6.07) is 7.91. The quantitative estimate of drug-likeness (QED) is 0.865. The van der Waals surface area contributed by atoms with Crippen molar-refractivity contribution in [1.29, 1.82) is 0 Å². The maximum Gasteiger partial charge on any atom is 0.285 e. The normalized spacial score (nSPS) is 11.7. The van der Waals surface area contributed by atoms with Crippen LogP contribution in [0, 0.1) is 6.92 Å². The fourth-order valence-electron chi connectivity index (χ4n) is 1.71. The van der Waals surface area contributed by atoms with E-state index >= 15 is 0 Å². The second kappa shape index (κ2) is 5.59. The molecule has 0 radical (unpaired) electrons. The molecular weight excluding hydrogens is 252 g/mol. The molecule has 0 aliphatic rings. The summed E-state index contributed by atoms with van der Waals surface area (Å²) in [5.74, 6) is -2.83. The zero-order chi connectivity index (χ0) is 13.0. The lowest BCUT2D eigenvalue weighted by Gasteiger charge is -2.17. The summed E-state index contributed by atoms with van der Waals surface area (Å²) < 4.78 is 27.7. The molecule has 0 aliphatic carbocycles. The van der Waals surface area contributed by atoms with Crippen LogP contribution in [-0.2, 0) is 12.5 Å². The van der Waals surface area contributed by atoms with Crippen molar-refractivity contribution in [2.45, 2.75) is 19.4 Å². The Kier molecular flexibility index (Phi) is 4.09. The summed E-state index contributed by atoms with van der Waals surface area (Å²) in [5.41, 5.74) is 2.29. The van der Waals surface area contributed by atoms with Gasteiger partial charge in [0.05, 0.1) is 6.54 Å². The summed E-state index contributed by atoms with van der Waals surface area (Å²) in [5, 5.41) is 6.83. The van der Waals surface area contributed by atoms with Gasteiger partial charge in [0.1, 0.15) is 0 Å². The molecule has 2 aromatic rings. The Labute approximate surface area is 109 Å². The van der Waals surface area contributed by atoms with Crippen LogP contribution in [0.2, 0.25) is 0 Å². The van der Waals surface area contributed by atoms with Crippen molar-refractivity contribution in [2.75, 3.05) is 6.54 Å². The second-order valence-corrected chi connectivity index (χ2v) is 5.00. The highest BCUT2D eigenvalue weighted by Crippen LogP contribution is 2.26. The third-order valence-electron chi connectivity index (χ3n) is 2.82. The molecule has 0 amide bonds. The van der Waals surface area contributed by atoms with E-state index in [4.69, 9.17) is 0 Å². The highest BCUT2D eigenvalue weighted by molar-refractivity contribution is 7.08. The van der Waals surface area contributed by atoms with Gasteiger partial charge in [-0.25, -0.2) is 0 Å². The van der Waals surface area contributed by atoms with Crippen molar-refractivity contribution in [3.63, 3.8) is 0 Å². The summed E-state index contributed by atoms with van der Waals surface area (Å²) >= 11 is 1.59. The molecule has 0 aliphatic heterocycles. The van der Waals surface area contributed by atoms with Crippen molar-refractivity contribution in [3.05, 3.63) is 57.8 Å². The molecule has 0 fully saturated rings. The van der Waals surface area contributed by atoms with Crippen molar-refractivity contribution < 1.29 is 8.78 Å². The Morgan fingerprint density at radius 1 is 1.17 bits per heavy atom. The molecule has 0 saturated carbocycles. The molecule has 0 spiro atoms. The van der Waals surface area contributed by atoms with Crippen molar-refractivity contribution in [2.24, 2.45) is 0 Å². The van der Waals surface area contributed by atoms with E-state index in [1.54, 1.807) is 29.5 Å². The molecule has 1 N–H and O–H groups in total. The van der Waals surface area contributed by atoms with E-state index in [-0.39, 0.29) is 12.1 Å². The topological polar surface area (TPSA) is 12.0 Å². The highest BCUT2D eigenvalue weighted by Gasteiger charge is 2.30. The van der Waals surface area contributed by atoms with Crippen LogP contribution in [0.1, 0.15) is 16.7 Å². The molecule has 0 unspecified atom stereocenters. The smallest absolute Gasteiger partial charge is 0.285 e. The van der Waals surface area contributed by atoms with Crippen molar-refractivity contribution in [1.82, 2.24) is 5.32 Å². The summed E-state index contributed by atoms with van der Waals surface area (Å²) in [4.78, 5) is 0. The number of halogens is 2. The Hall–Kier alpha value is -1.26. The monoisotopic (exact) mass is 267 g/mol. The van der Waals surface area contributed by atoms with Gasteiger partial charge in [0, 0.05) is 12.1 Å². The van der Waals surface area contributed by atoms with E-state index in [0.717, 1.165) is 11.1 Å². The number of hydrogen-bond acceptors (Lipinski definition) is 2. The van der Waals surface area contributed by atoms with Crippen LogP contribution in [0.25, 0.3) is 0 Å². The number of aryl methyl sites for hydroxylation is 1. The SMILES string of the molecule is Cc1cscc1CNCC(F)(F)c1ccccc1. The third kappa shape index (κ3) is 3.15. The molecule has 1 heterocycles. The number of thiophene rings is 1. The first kappa shape index (κ1) is 13.2. The van der Waals surface area contributed by atoms with Gasteiger partial charge < -0.3 is 5.32 Å². The average Bonchev–Trinajstić information content (AvgIpc) is 2.76. The van der Waals surface area contributed by atoms with Crippen LogP contribution in [0.3, 0.4) is 0 Å². The minimum Gasteiger partial charge on any atom is -0.307 e. The Morgan fingerprint density at radius 3 is 2.50 bits per heavy atom. The van der Waals surface area contributed by atoms with Crippen LogP contribution >= 0.6 is 11.3 Å². The van der Waals surface area contributed by atoms with E-state index in [9.17, 15) is 8.78 Å². The first-order chi connectivity index (χ1) is 8.59. The fourth-order valence-corrected chi connectivity index (χ4v) is 2.56. The lowest BCUT2D eigenvalue weighted by Crippen LogP contribution is -2.30. The largest absolute Gasteiger partial charge is 0.307 e. The van der Waals surface area contributed by atoms with Crippen LogP contribution in [0.5, 0.6) is 0 Å². The number of rotatable bonds is 5. The summed E-state index contributed by atoms with van der Waals surface area (Å²) in [6.45, 7) is 2.13. The summed E-state index contributed by atoms with van der Waals surface area (Å²) in [6.07, 6.45) is 0. The molecule has 1 aromatic carbocycles. The maximum atomic E-state index is 13.8. The van der Waals surface area contributed by atoms with E-state index in [1.165, 1.54) is 12.1 Å². The van der Waals surface area contributed by atoms with Gasteiger partial charge in [-0.15, -0.1) is 0 Å². The number of nitrogens with one attached hydrogen (secondary N) is 1. The van der Waals surface area contributed by atoms with Gasteiger partial charge in [-0.3, -0.25) is 0 Å². The van der Waals surface area contributed by atoms with Gasteiger partial charge in [0.15, 0.2) is 0 Å². The molecule has 18 heavy (non-hydrogen) atoms. The predicted octanol–water partition coefficient (Wildman–Crippen LogP) is 3.94. The third-order valence-corrected chi connectivity index (χ3v) is 3.73. The molecule has 0 atom stereocenters. The Balaban J connectivity index is 1.92. The standard InChI is InChI=1S/C14H15F2NS/c1-11-8-18-9-12(11)7-17-10-14(15,16)13-5-3-2-4-6-13/h2-6,8-9,17H,7,10H2,1H3. The minimum atomic E-state index is -2.83. The van der Waals surface area contributed by atoms with Gasteiger partial charge in [-0.1, -0.05) is 30.3 Å². The van der Waals surface area contributed by atoms with E-state index < -0.39 is 5.92 Å². The van der Waals surface area contributed by atoms with E-state index in [1.807, 2.05) is 17.7 Å². The minimum absolute atomic E-state index is 0.0551. The van der Waals surface area contributed by atoms with Crippen LogP contribution in [-0.4, -0.2) is 6.54 Å². The van der Waals surface area contributed by atoms with Gasteiger partial charge in [0.25, 0.3) is 5.92 Å². The molecule has 4 heteroatoms. The lowest BCUT2D eigenvalue weighted by molar-refractivity contribution is -0.00343. The van der Waals surface area contributed by atoms with Crippen molar-refractivity contribution in [3.8, 4) is 0 Å². The van der Waals surface area contributed by atoms with Crippen LogP contribution in [0.4, 0.5) is 8.78 Å². The molecule has 1 aromatic heterocycles. The van der Waals surface area contributed by atoms with Crippen molar-refractivity contribution >= 4 is 11.3 Å². The van der Waals surface area contributed by atoms with Gasteiger partial charge in [0.2, 0.25) is 0 Å². The zero-order valence-electron chi connectivity index (χ0n) is 10.1. The maximum absolute atomic E-state index is 13.8. The number of benzene rings is 1. The highest BCUT2D eigenvalue weighted by atomic mass is 32.1. The molecule has 0 saturated heterocycles. The second-order valence-electron chi connectivity index (χ2n) is 4.25. The fraction of sp³-hybridized carbons (Fsp3) is 0.286. The summed E-state index contributed by atoms with van der Waals surface area (Å²) in [7, 11) is 0. The zero-order valence-corrected chi connectivity index (χ0v) is 10.9. The lowest BCUT2D eigenvalue weighted by atomic mass is 10.1. The Morgan fingerprint density at radius 2 is 1.89 bits per heavy atom. The van der Waals surface area contributed by atoms with Crippen LogP contribution < -0.4 is 5.32 Å². The van der Waals surface area contributed by atoms with Crippen LogP contribution in [0.15, 0.2) is 41.1 Å². The van der Waals surface area contributed by atoms with Gasteiger partial charge in [-0.2, -0.15) is 20.1 Å². The molecule has 1 nitrogen and oxygen atoms in total. The molecule has 96 valence electrons. The van der Waals surface area contributed by atoms with Gasteiger partial charge >= 0.3 is 0 Å². The number of alkyl halides is 2. The molecule has 0 bridgehead atoms. The Bertz CT molecular complexity index is 494.